The number of rotatable bonds is 5. The van der Waals surface area contributed by atoms with Gasteiger partial charge in [0.1, 0.15) is 11.5 Å². The number of hydrogen-bond donors (Lipinski definition) is 2. The first kappa shape index (κ1) is 13.5. The van der Waals surface area contributed by atoms with E-state index in [0.717, 1.165) is 22.0 Å². The standard InChI is InChI=1S/C11H17NO2S2/c1-13-9-5-11(16-3)10(14-2)4-7(9)8(12)6-15/h4-5,8,15H,6,12H2,1-3H3. The van der Waals surface area contributed by atoms with Crippen molar-refractivity contribution in [3.8, 4) is 11.5 Å². The zero-order chi connectivity index (χ0) is 12.1. The second kappa shape index (κ2) is 6.27. The van der Waals surface area contributed by atoms with Crippen molar-refractivity contribution >= 4 is 24.4 Å². The topological polar surface area (TPSA) is 44.5 Å². The first-order chi connectivity index (χ1) is 7.67. The molecule has 0 bridgehead atoms. The van der Waals surface area contributed by atoms with Crippen LogP contribution in [-0.2, 0) is 0 Å². The van der Waals surface area contributed by atoms with Gasteiger partial charge in [0.25, 0.3) is 0 Å². The summed E-state index contributed by atoms with van der Waals surface area (Å²) in [6.45, 7) is 0. The average Bonchev–Trinajstić information content (AvgIpc) is 2.35. The summed E-state index contributed by atoms with van der Waals surface area (Å²) in [6, 6.07) is 3.72. The number of methoxy groups -OCH3 is 2. The molecule has 1 rings (SSSR count). The van der Waals surface area contributed by atoms with Crippen LogP contribution in [0.2, 0.25) is 0 Å². The number of thiol groups is 1. The molecule has 0 radical (unpaired) electrons. The zero-order valence-electron chi connectivity index (χ0n) is 9.69. The average molecular weight is 259 g/mol. The summed E-state index contributed by atoms with van der Waals surface area (Å²) in [5.41, 5.74) is 6.89. The minimum Gasteiger partial charge on any atom is -0.496 e. The van der Waals surface area contributed by atoms with Crippen LogP contribution in [0.3, 0.4) is 0 Å². The highest BCUT2D eigenvalue weighted by atomic mass is 32.2. The monoisotopic (exact) mass is 259 g/mol. The van der Waals surface area contributed by atoms with Crippen molar-refractivity contribution < 1.29 is 9.47 Å². The third-order valence-corrected chi connectivity index (χ3v) is 3.48. The predicted octanol–water partition coefficient (Wildman–Crippen LogP) is 2.36. The molecule has 0 aliphatic carbocycles. The van der Waals surface area contributed by atoms with Gasteiger partial charge in [0.2, 0.25) is 0 Å². The smallest absolute Gasteiger partial charge is 0.133 e. The molecule has 0 amide bonds. The van der Waals surface area contributed by atoms with Crippen molar-refractivity contribution in [3.05, 3.63) is 17.7 Å². The fourth-order valence-electron chi connectivity index (χ4n) is 1.44. The summed E-state index contributed by atoms with van der Waals surface area (Å²) >= 11 is 5.81. The summed E-state index contributed by atoms with van der Waals surface area (Å²) in [5, 5.41) is 0. The van der Waals surface area contributed by atoms with Crippen LogP contribution in [-0.4, -0.2) is 26.2 Å². The van der Waals surface area contributed by atoms with E-state index in [1.54, 1.807) is 26.0 Å². The lowest BCUT2D eigenvalue weighted by molar-refractivity contribution is 0.388. The van der Waals surface area contributed by atoms with Gasteiger partial charge in [-0.2, -0.15) is 12.6 Å². The number of hydrogen-bond acceptors (Lipinski definition) is 5. The summed E-state index contributed by atoms with van der Waals surface area (Å²) < 4.78 is 10.6. The molecule has 0 aromatic heterocycles. The third-order valence-electron chi connectivity index (χ3n) is 2.33. The molecule has 90 valence electrons. The first-order valence-electron chi connectivity index (χ1n) is 4.84. The van der Waals surface area contributed by atoms with Gasteiger partial charge >= 0.3 is 0 Å². The molecule has 2 N–H and O–H groups in total. The van der Waals surface area contributed by atoms with E-state index in [2.05, 4.69) is 12.6 Å². The minimum atomic E-state index is -0.150. The Morgan fingerprint density at radius 3 is 2.38 bits per heavy atom. The summed E-state index contributed by atoms with van der Waals surface area (Å²) in [5.74, 6) is 2.17. The van der Waals surface area contributed by atoms with Crippen LogP contribution in [0.25, 0.3) is 0 Å². The van der Waals surface area contributed by atoms with Gasteiger partial charge in [0, 0.05) is 17.4 Å². The molecule has 1 aromatic carbocycles. The Morgan fingerprint density at radius 1 is 1.31 bits per heavy atom. The minimum absolute atomic E-state index is 0.150. The molecule has 0 heterocycles. The van der Waals surface area contributed by atoms with E-state index in [-0.39, 0.29) is 6.04 Å². The van der Waals surface area contributed by atoms with Gasteiger partial charge in [0.15, 0.2) is 0 Å². The van der Waals surface area contributed by atoms with Crippen molar-refractivity contribution in [1.29, 1.82) is 0 Å². The van der Waals surface area contributed by atoms with Crippen molar-refractivity contribution in [2.75, 3.05) is 26.2 Å². The third kappa shape index (κ3) is 2.78. The molecule has 0 saturated heterocycles. The van der Waals surface area contributed by atoms with Crippen LogP contribution in [0.4, 0.5) is 0 Å². The molecule has 16 heavy (non-hydrogen) atoms. The molecule has 1 atom stereocenters. The highest BCUT2D eigenvalue weighted by Crippen LogP contribution is 2.36. The maximum atomic E-state index is 5.97. The molecule has 0 fully saturated rings. The van der Waals surface area contributed by atoms with Crippen molar-refractivity contribution in [2.24, 2.45) is 5.73 Å². The van der Waals surface area contributed by atoms with Crippen molar-refractivity contribution in [2.45, 2.75) is 10.9 Å². The Hall–Kier alpha value is -0.520. The summed E-state index contributed by atoms with van der Waals surface area (Å²) in [6.07, 6.45) is 2.00. The van der Waals surface area contributed by atoms with Crippen LogP contribution < -0.4 is 15.2 Å². The number of thioether (sulfide) groups is 1. The van der Waals surface area contributed by atoms with Gasteiger partial charge < -0.3 is 15.2 Å². The van der Waals surface area contributed by atoms with Gasteiger partial charge in [-0.3, -0.25) is 0 Å². The first-order valence-corrected chi connectivity index (χ1v) is 6.70. The molecule has 0 aliphatic rings. The summed E-state index contributed by atoms with van der Waals surface area (Å²) in [7, 11) is 3.29. The van der Waals surface area contributed by atoms with Crippen LogP contribution in [0, 0.1) is 0 Å². The lowest BCUT2D eigenvalue weighted by Gasteiger charge is -2.17. The molecule has 0 spiro atoms. The molecular weight excluding hydrogens is 242 g/mol. The van der Waals surface area contributed by atoms with E-state index in [9.17, 15) is 0 Å². The highest BCUT2D eigenvalue weighted by molar-refractivity contribution is 7.98. The number of ether oxygens (including phenoxy) is 2. The molecular formula is C11H17NO2S2. The quantitative estimate of drug-likeness (QED) is 0.629. The fraction of sp³-hybridized carbons (Fsp3) is 0.455. The lowest BCUT2D eigenvalue weighted by Crippen LogP contribution is -2.13. The van der Waals surface area contributed by atoms with Gasteiger partial charge in [-0.15, -0.1) is 11.8 Å². The zero-order valence-corrected chi connectivity index (χ0v) is 11.4. The van der Waals surface area contributed by atoms with E-state index in [1.165, 1.54) is 0 Å². The van der Waals surface area contributed by atoms with Crippen LogP contribution in [0.15, 0.2) is 17.0 Å². The Labute approximate surface area is 106 Å². The molecule has 0 aliphatic heterocycles. The van der Waals surface area contributed by atoms with Gasteiger partial charge in [-0.1, -0.05) is 0 Å². The number of nitrogens with two attached hydrogens (primary N) is 1. The Bertz CT molecular complexity index is 358. The Balaban J connectivity index is 3.25. The van der Waals surface area contributed by atoms with Gasteiger partial charge in [-0.25, -0.2) is 0 Å². The van der Waals surface area contributed by atoms with E-state index in [1.807, 2.05) is 18.4 Å². The van der Waals surface area contributed by atoms with Crippen LogP contribution >= 0.6 is 24.4 Å². The molecule has 1 unspecified atom stereocenters. The van der Waals surface area contributed by atoms with E-state index < -0.39 is 0 Å². The van der Waals surface area contributed by atoms with Gasteiger partial charge in [0.05, 0.1) is 19.1 Å². The fourth-order valence-corrected chi connectivity index (χ4v) is 2.21. The molecule has 1 aromatic rings. The Kier molecular flexibility index (Phi) is 5.31. The van der Waals surface area contributed by atoms with Crippen LogP contribution in [0.5, 0.6) is 11.5 Å². The number of benzene rings is 1. The maximum Gasteiger partial charge on any atom is 0.133 e. The largest absolute Gasteiger partial charge is 0.496 e. The second-order valence-corrected chi connectivity index (χ2v) is 4.45. The highest BCUT2D eigenvalue weighted by Gasteiger charge is 2.15. The maximum absolute atomic E-state index is 5.97. The molecule has 5 heteroatoms. The predicted molar refractivity (Wildman–Crippen MR) is 72.1 cm³/mol. The van der Waals surface area contributed by atoms with Crippen molar-refractivity contribution in [3.63, 3.8) is 0 Å². The molecule has 3 nitrogen and oxygen atoms in total. The lowest BCUT2D eigenvalue weighted by atomic mass is 10.1. The summed E-state index contributed by atoms with van der Waals surface area (Å²) in [4.78, 5) is 1.04. The van der Waals surface area contributed by atoms with Gasteiger partial charge in [-0.05, 0) is 18.4 Å². The normalized spacial score (nSPS) is 12.3. The second-order valence-electron chi connectivity index (χ2n) is 3.24. The SMILES string of the molecule is COc1cc(C(N)CS)c(OC)cc1SC. The van der Waals surface area contributed by atoms with Crippen LogP contribution in [0.1, 0.15) is 11.6 Å². The Morgan fingerprint density at radius 2 is 1.94 bits per heavy atom. The van der Waals surface area contributed by atoms with E-state index in [0.29, 0.717) is 5.75 Å². The van der Waals surface area contributed by atoms with Crippen molar-refractivity contribution in [1.82, 2.24) is 0 Å². The molecule has 0 saturated carbocycles. The van der Waals surface area contributed by atoms with E-state index in [4.69, 9.17) is 15.2 Å². The van der Waals surface area contributed by atoms with E-state index >= 15 is 0 Å².